The van der Waals surface area contributed by atoms with Crippen molar-refractivity contribution in [2.45, 2.75) is 32.2 Å². The number of rotatable bonds is 5. The molecule has 0 unspecified atom stereocenters. The molecule has 0 aliphatic heterocycles. The maximum Gasteiger partial charge on any atom is 0.0471 e. The molecule has 0 saturated heterocycles. The van der Waals surface area contributed by atoms with Crippen LogP contribution in [0, 0.1) is 5.92 Å². The maximum atomic E-state index is 6.30. The van der Waals surface area contributed by atoms with Gasteiger partial charge in [-0.1, -0.05) is 30.5 Å². The molecule has 1 N–H and O–H groups in total. The molecule has 1 aromatic carbocycles. The predicted molar refractivity (Wildman–Crippen MR) is 79.4 cm³/mol. The molecular weight excluding hydrogens is 244 g/mol. The van der Waals surface area contributed by atoms with E-state index in [1.807, 2.05) is 7.05 Å². The Morgan fingerprint density at radius 3 is 2.67 bits per heavy atom. The number of nitrogens with zero attached hydrogens (tertiary/aromatic N) is 1. The van der Waals surface area contributed by atoms with Crippen LogP contribution in [-0.2, 0) is 6.54 Å². The first-order valence-corrected chi connectivity index (χ1v) is 7.22. The molecule has 0 bridgehead atoms. The molecule has 0 heterocycles. The topological polar surface area (TPSA) is 15.3 Å². The minimum Gasteiger partial charge on any atom is -0.374 e. The Kier molecular flexibility index (Phi) is 4.90. The fourth-order valence-electron chi connectivity index (χ4n) is 2.79. The summed E-state index contributed by atoms with van der Waals surface area (Å²) in [5.41, 5.74) is 2.39. The van der Waals surface area contributed by atoms with E-state index < -0.39 is 0 Å². The molecule has 1 aliphatic carbocycles. The van der Waals surface area contributed by atoms with Crippen LogP contribution in [0.1, 0.15) is 31.2 Å². The van der Waals surface area contributed by atoms with Crippen molar-refractivity contribution in [2.75, 3.05) is 25.5 Å². The zero-order chi connectivity index (χ0) is 13.0. The van der Waals surface area contributed by atoms with Crippen molar-refractivity contribution in [3.05, 3.63) is 28.8 Å². The van der Waals surface area contributed by atoms with Crippen LogP contribution in [0.5, 0.6) is 0 Å². The monoisotopic (exact) mass is 266 g/mol. The third-order valence-corrected chi connectivity index (χ3v) is 4.20. The van der Waals surface area contributed by atoms with Gasteiger partial charge < -0.3 is 10.2 Å². The van der Waals surface area contributed by atoms with Crippen LogP contribution >= 0.6 is 11.6 Å². The lowest BCUT2D eigenvalue weighted by molar-refractivity contribution is 0.547. The van der Waals surface area contributed by atoms with Gasteiger partial charge >= 0.3 is 0 Å². The van der Waals surface area contributed by atoms with E-state index in [2.05, 4.69) is 35.5 Å². The van der Waals surface area contributed by atoms with Crippen LogP contribution < -0.4 is 10.2 Å². The van der Waals surface area contributed by atoms with Crippen LogP contribution in [0.2, 0.25) is 5.02 Å². The van der Waals surface area contributed by atoms with Gasteiger partial charge in [0, 0.05) is 30.8 Å². The van der Waals surface area contributed by atoms with E-state index in [0.29, 0.717) is 0 Å². The second kappa shape index (κ2) is 6.44. The summed E-state index contributed by atoms with van der Waals surface area (Å²) in [5.74, 6) is 0.866. The van der Waals surface area contributed by atoms with E-state index in [4.69, 9.17) is 11.6 Å². The van der Waals surface area contributed by atoms with Gasteiger partial charge in [-0.15, -0.1) is 0 Å². The second-order valence-corrected chi connectivity index (χ2v) is 5.74. The van der Waals surface area contributed by atoms with Crippen LogP contribution in [0.15, 0.2) is 18.2 Å². The molecule has 2 rings (SSSR count). The Balaban J connectivity index is 2.01. The quantitative estimate of drug-likeness (QED) is 0.875. The van der Waals surface area contributed by atoms with Gasteiger partial charge in [0.1, 0.15) is 0 Å². The molecule has 1 saturated carbocycles. The van der Waals surface area contributed by atoms with E-state index >= 15 is 0 Å². The van der Waals surface area contributed by atoms with Gasteiger partial charge in [0.2, 0.25) is 0 Å². The van der Waals surface area contributed by atoms with Crippen molar-refractivity contribution in [3.8, 4) is 0 Å². The lowest BCUT2D eigenvalue weighted by Crippen LogP contribution is -2.24. The summed E-state index contributed by atoms with van der Waals surface area (Å²) in [5, 5.41) is 4.00. The summed E-state index contributed by atoms with van der Waals surface area (Å²) in [6, 6.07) is 6.38. The largest absolute Gasteiger partial charge is 0.374 e. The molecule has 0 aromatic heterocycles. The molecule has 0 spiro atoms. The number of benzene rings is 1. The smallest absolute Gasteiger partial charge is 0.0471 e. The van der Waals surface area contributed by atoms with Crippen LogP contribution in [0.25, 0.3) is 0 Å². The molecule has 2 nitrogen and oxygen atoms in total. The van der Waals surface area contributed by atoms with Gasteiger partial charge in [-0.3, -0.25) is 0 Å². The molecular formula is C15H23ClN2. The molecule has 0 amide bonds. The Labute approximate surface area is 115 Å². The zero-order valence-corrected chi connectivity index (χ0v) is 12.1. The Morgan fingerprint density at radius 2 is 2.06 bits per heavy atom. The van der Waals surface area contributed by atoms with E-state index in [1.165, 1.54) is 31.4 Å². The van der Waals surface area contributed by atoms with E-state index in [0.717, 1.165) is 29.6 Å². The summed E-state index contributed by atoms with van der Waals surface area (Å²) in [7, 11) is 4.11. The van der Waals surface area contributed by atoms with Crippen molar-refractivity contribution in [2.24, 2.45) is 5.92 Å². The normalized spacial score (nSPS) is 16.2. The first-order chi connectivity index (χ1) is 8.70. The highest BCUT2D eigenvalue weighted by atomic mass is 35.5. The summed E-state index contributed by atoms with van der Waals surface area (Å²) >= 11 is 6.30. The maximum absolute atomic E-state index is 6.30. The average molecular weight is 267 g/mol. The summed E-state index contributed by atoms with van der Waals surface area (Å²) in [6.45, 7) is 1.98. The highest BCUT2D eigenvalue weighted by Crippen LogP contribution is 2.28. The van der Waals surface area contributed by atoms with Crippen molar-refractivity contribution >= 4 is 17.3 Å². The first kappa shape index (κ1) is 13.7. The van der Waals surface area contributed by atoms with E-state index in [1.54, 1.807) is 0 Å². The Morgan fingerprint density at radius 1 is 1.33 bits per heavy atom. The predicted octanol–water partition coefficient (Wildman–Crippen LogP) is 3.69. The highest BCUT2D eigenvalue weighted by molar-refractivity contribution is 6.31. The molecule has 1 aromatic rings. The second-order valence-electron chi connectivity index (χ2n) is 5.34. The standard InChI is InChI=1S/C15H23ClN2/c1-17-10-13-7-8-14(9-15(13)16)18(2)11-12-5-3-4-6-12/h7-9,12,17H,3-6,10-11H2,1-2H3. The third-order valence-electron chi connectivity index (χ3n) is 3.85. The van der Waals surface area contributed by atoms with Crippen LogP contribution in [0.3, 0.4) is 0 Å². The van der Waals surface area contributed by atoms with Gasteiger partial charge in [-0.05, 0) is 43.5 Å². The summed E-state index contributed by atoms with van der Waals surface area (Å²) in [6.07, 6.45) is 5.58. The fourth-order valence-corrected chi connectivity index (χ4v) is 3.03. The lowest BCUT2D eigenvalue weighted by atomic mass is 10.1. The highest BCUT2D eigenvalue weighted by Gasteiger charge is 2.17. The van der Waals surface area contributed by atoms with Gasteiger partial charge in [-0.25, -0.2) is 0 Å². The van der Waals surface area contributed by atoms with Gasteiger partial charge in [0.05, 0.1) is 0 Å². The molecule has 100 valence electrons. The molecule has 1 aliphatic rings. The van der Waals surface area contributed by atoms with E-state index in [-0.39, 0.29) is 0 Å². The molecule has 0 atom stereocenters. The van der Waals surface area contributed by atoms with Crippen LogP contribution in [0.4, 0.5) is 5.69 Å². The number of nitrogens with one attached hydrogen (secondary N) is 1. The SMILES string of the molecule is CNCc1ccc(N(C)CC2CCCC2)cc1Cl. The number of hydrogen-bond donors (Lipinski definition) is 1. The van der Waals surface area contributed by atoms with Crippen molar-refractivity contribution < 1.29 is 0 Å². The Hall–Kier alpha value is -0.730. The van der Waals surface area contributed by atoms with Crippen molar-refractivity contribution in [3.63, 3.8) is 0 Å². The van der Waals surface area contributed by atoms with Gasteiger partial charge in [-0.2, -0.15) is 0 Å². The molecule has 0 radical (unpaired) electrons. The van der Waals surface area contributed by atoms with Crippen molar-refractivity contribution in [1.29, 1.82) is 0 Å². The van der Waals surface area contributed by atoms with Crippen molar-refractivity contribution in [1.82, 2.24) is 5.32 Å². The molecule has 18 heavy (non-hydrogen) atoms. The number of anilines is 1. The molecule has 1 fully saturated rings. The first-order valence-electron chi connectivity index (χ1n) is 6.85. The lowest BCUT2D eigenvalue weighted by Gasteiger charge is -2.23. The summed E-state index contributed by atoms with van der Waals surface area (Å²) in [4.78, 5) is 2.34. The molecule has 3 heteroatoms. The third kappa shape index (κ3) is 3.39. The van der Waals surface area contributed by atoms with E-state index in [9.17, 15) is 0 Å². The minimum atomic E-state index is 0.825. The van der Waals surface area contributed by atoms with Gasteiger partial charge in [0.15, 0.2) is 0 Å². The summed E-state index contributed by atoms with van der Waals surface area (Å²) < 4.78 is 0. The van der Waals surface area contributed by atoms with Crippen LogP contribution in [-0.4, -0.2) is 20.6 Å². The van der Waals surface area contributed by atoms with Gasteiger partial charge in [0.25, 0.3) is 0 Å². The zero-order valence-electron chi connectivity index (χ0n) is 11.4. The Bertz CT molecular complexity index is 386. The fraction of sp³-hybridized carbons (Fsp3) is 0.600. The number of hydrogen-bond acceptors (Lipinski definition) is 2. The average Bonchev–Trinajstić information content (AvgIpc) is 2.84. The number of halogens is 1. The minimum absolute atomic E-state index is 0.825.